The molecule has 2 aromatic carbocycles. The van der Waals surface area contributed by atoms with Gasteiger partial charge in [-0.1, -0.05) is 0 Å². The summed E-state index contributed by atoms with van der Waals surface area (Å²) in [4.78, 5) is 0. The van der Waals surface area contributed by atoms with Crippen LogP contribution in [-0.2, 0) is 21.4 Å². The third kappa shape index (κ3) is 3.35. The molecule has 0 N–H and O–H groups in total. The molecule has 0 saturated heterocycles. The topological polar surface area (TPSA) is 0 Å². The Hall–Kier alpha value is -1.12. The van der Waals surface area contributed by atoms with Crippen molar-refractivity contribution in [1.29, 1.82) is 0 Å². The van der Waals surface area contributed by atoms with Crippen LogP contribution in [0.25, 0.3) is 11.1 Å². The molecule has 0 heterocycles. The monoisotopic (exact) mass is 591 g/mol. The van der Waals surface area contributed by atoms with Crippen LogP contribution in [0.15, 0.2) is 70.8 Å². The zero-order chi connectivity index (χ0) is 21.9. The van der Waals surface area contributed by atoms with Gasteiger partial charge in [0, 0.05) is 0 Å². The summed E-state index contributed by atoms with van der Waals surface area (Å²) in [5.41, 5.74) is 13.2. The Kier molecular flexibility index (Phi) is 5.84. The van der Waals surface area contributed by atoms with Crippen molar-refractivity contribution in [3.8, 4) is 11.1 Å². The van der Waals surface area contributed by atoms with E-state index in [4.69, 9.17) is 0 Å². The van der Waals surface area contributed by atoms with Gasteiger partial charge in [0.05, 0.1) is 0 Å². The van der Waals surface area contributed by atoms with Crippen molar-refractivity contribution < 1.29 is 21.4 Å². The summed E-state index contributed by atoms with van der Waals surface area (Å²) in [7, 11) is -0.388. The number of fused-ring (bicyclic) bond motifs is 3. The SMILES string of the molecule is CC1=C(C2c3ccccc3-c3ccccc32)C2=C(CCCC(=[Si](C)C)C2C)[CH]1[Hf]([CH3])[CH3]. The molecule has 0 aliphatic heterocycles. The number of hydrogen-bond donors (Lipinski definition) is 0. The predicted octanol–water partition coefficient (Wildman–Crippen LogP) is 8.26. The van der Waals surface area contributed by atoms with Crippen molar-refractivity contribution in [2.75, 3.05) is 0 Å². The van der Waals surface area contributed by atoms with Gasteiger partial charge in [-0.3, -0.25) is 0 Å². The van der Waals surface area contributed by atoms with Gasteiger partial charge in [0.25, 0.3) is 0 Å². The Morgan fingerprint density at radius 1 is 0.839 bits per heavy atom. The first-order valence-corrected chi connectivity index (χ1v) is 23.8. The fraction of sp³-hybridized carbons (Fsp3) is 0.414. The van der Waals surface area contributed by atoms with E-state index in [0.29, 0.717) is 11.8 Å². The van der Waals surface area contributed by atoms with Crippen LogP contribution in [-0.4, -0.2) is 13.6 Å². The third-order valence-corrected chi connectivity index (χ3v) is 17.0. The van der Waals surface area contributed by atoms with Crippen LogP contribution < -0.4 is 0 Å². The molecule has 0 fully saturated rings. The van der Waals surface area contributed by atoms with Crippen LogP contribution >= 0.6 is 0 Å². The molecule has 3 aliphatic rings. The second-order valence-electron chi connectivity index (χ2n) is 10.3. The fourth-order valence-electron chi connectivity index (χ4n) is 6.92. The molecule has 2 atom stereocenters. The number of rotatable bonds is 2. The molecule has 0 radical (unpaired) electrons. The summed E-state index contributed by atoms with van der Waals surface area (Å²) in [6.07, 6.45) is 4.08. The summed E-state index contributed by atoms with van der Waals surface area (Å²) in [5, 5.41) is 1.89. The molecule has 159 valence electrons. The third-order valence-electron chi connectivity index (χ3n) is 8.03. The molecular weight excluding hydrogens is 555 g/mol. The predicted molar refractivity (Wildman–Crippen MR) is 134 cm³/mol. The van der Waals surface area contributed by atoms with Crippen molar-refractivity contribution >= 4 is 13.6 Å². The molecule has 0 nitrogen and oxygen atoms in total. The Morgan fingerprint density at radius 3 is 1.97 bits per heavy atom. The Morgan fingerprint density at radius 2 is 1.42 bits per heavy atom. The second kappa shape index (κ2) is 8.34. The van der Waals surface area contributed by atoms with Crippen LogP contribution in [0.5, 0.6) is 0 Å². The van der Waals surface area contributed by atoms with Crippen molar-refractivity contribution in [2.45, 2.75) is 65.2 Å². The van der Waals surface area contributed by atoms with Crippen LogP contribution in [0.4, 0.5) is 0 Å². The van der Waals surface area contributed by atoms with E-state index in [1.807, 2.05) is 10.7 Å². The van der Waals surface area contributed by atoms with E-state index < -0.39 is 21.4 Å². The number of hydrogen-bond acceptors (Lipinski definition) is 0. The molecule has 5 rings (SSSR count). The molecule has 0 aromatic heterocycles. The van der Waals surface area contributed by atoms with E-state index in [2.05, 4.69) is 84.8 Å². The first kappa shape index (κ1) is 21.7. The van der Waals surface area contributed by atoms with E-state index in [0.717, 1.165) is 3.67 Å². The summed E-state index contributed by atoms with van der Waals surface area (Å²) in [6.45, 7) is 10.1. The summed E-state index contributed by atoms with van der Waals surface area (Å²) < 4.78 is 6.14. The molecule has 2 aromatic rings. The van der Waals surface area contributed by atoms with Gasteiger partial charge in [-0.05, 0) is 0 Å². The molecule has 3 aliphatic carbocycles. The van der Waals surface area contributed by atoms with E-state index in [1.165, 1.54) is 30.4 Å². The van der Waals surface area contributed by atoms with E-state index >= 15 is 0 Å². The van der Waals surface area contributed by atoms with Crippen molar-refractivity contribution in [1.82, 2.24) is 0 Å². The molecule has 0 spiro atoms. The first-order chi connectivity index (χ1) is 14.9. The van der Waals surface area contributed by atoms with Gasteiger partial charge in [-0.2, -0.15) is 0 Å². The van der Waals surface area contributed by atoms with Crippen molar-refractivity contribution in [3.05, 3.63) is 82.0 Å². The molecule has 31 heavy (non-hydrogen) atoms. The Bertz CT molecular complexity index is 1100. The van der Waals surface area contributed by atoms with Crippen molar-refractivity contribution in [2.24, 2.45) is 5.92 Å². The molecule has 0 saturated carbocycles. The summed E-state index contributed by atoms with van der Waals surface area (Å²) >= 11 is -1.64. The molecule has 2 heteroatoms. The zero-order valence-corrected chi connectivity index (χ0v) is 24.6. The van der Waals surface area contributed by atoms with E-state index in [-0.39, 0.29) is 8.41 Å². The average Bonchev–Trinajstić information content (AvgIpc) is 3.15. The maximum absolute atomic E-state index is 2.65. The van der Waals surface area contributed by atoms with Crippen LogP contribution in [0.1, 0.15) is 50.2 Å². The maximum atomic E-state index is 2.65. The molecule has 0 amide bonds. The standard InChI is InChI=1S/C27H29Si.2CH3.Hf/c1-17-16-19-10-9-15-24(28(3)4)18(2)26(19)25(17)27-22-13-7-5-11-20(22)21-12-6-8-14-23(21)27;;;/h5-8,11-14,16,18,27H,9-10,15H2,1-4H3;2*1H3;. The Labute approximate surface area is 198 Å². The molecule has 0 bridgehead atoms. The van der Waals surface area contributed by atoms with Crippen LogP contribution in [0, 0.1) is 5.92 Å². The van der Waals surface area contributed by atoms with Gasteiger partial charge in [0.1, 0.15) is 0 Å². The fourth-order valence-corrected chi connectivity index (χ4v) is 15.9. The van der Waals surface area contributed by atoms with Gasteiger partial charge >= 0.3 is 199 Å². The minimum absolute atomic E-state index is 0.388. The van der Waals surface area contributed by atoms with Crippen LogP contribution in [0.2, 0.25) is 26.1 Å². The molecular formula is C29H35HfSi. The number of benzene rings is 2. The van der Waals surface area contributed by atoms with E-state index in [1.54, 1.807) is 27.8 Å². The number of allylic oxidation sites excluding steroid dienone is 4. The molecule has 2 unspecified atom stereocenters. The van der Waals surface area contributed by atoms with Gasteiger partial charge in [0.15, 0.2) is 0 Å². The average molecular weight is 590 g/mol. The summed E-state index contributed by atoms with van der Waals surface area (Å²) in [5.74, 6) is 1.07. The van der Waals surface area contributed by atoms with Crippen LogP contribution in [0.3, 0.4) is 0 Å². The zero-order valence-electron chi connectivity index (χ0n) is 20.0. The minimum atomic E-state index is -1.64. The Balaban J connectivity index is 1.78. The quantitative estimate of drug-likeness (QED) is 0.309. The summed E-state index contributed by atoms with van der Waals surface area (Å²) in [6, 6.07) is 18.5. The van der Waals surface area contributed by atoms with Gasteiger partial charge in [-0.15, -0.1) is 0 Å². The second-order valence-corrected chi connectivity index (χ2v) is 22.7. The van der Waals surface area contributed by atoms with Gasteiger partial charge in [0.2, 0.25) is 0 Å². The van der Waals surface area contributed by atoms with E-state index in [9.17, 15) is 0 Å². The first-order valence-electron chi connectivity index (χ1n) is 12.0. The van der Waals surface area contributed by atoms with Gasteiger partial charge in [-0.25, -0.2) is 0 Å². The van der Waals surface area contributed by atoms with Gasteiger partial charge < -0.3 is 0 Å². The van der Waals surface area contributed by atoms with Crippen molar-refractivity contribution in [3.63, 3.8) is 0 Å². The normalized spacial score (nSPS) is 23.0.